The fourth-order valence-corrected chi connectivity index (χ4v) is 5.14. The Morgan fingerprint density at radius 3 is 1.87 bits per heavy atom. The maximum Gasteiger partial charge on any atom is 0.305 e. The first-order chi connectivity index (χ1) is 25.6. The number of nitro benzene ring substituents is 1. The molecular formula is C39H30F2N4O8. The molecule has 53 heavy (non-hydrogen) atoms. The van der Waals surface area contributed by atoms with Crippen molar-refractivity contribution < 1.29 is 42.5 Å². The van der Waals surface area contributed by atoms with Crippen LogP contribution in [0.5, 0.6) is 46.0 Å². The van der Waals surface area contributed by atoms with Crippen molar-refractivity contribution in [2.24, 2.45) is 0 Å². The summed E-state index contributed by atoms with van der Waals surface area (Å²) in [6.07, 6.45) is 3.09. The summed E-state index contributed by atoms with van der Waals surface area (Å²) in [5.41, 5.74) is 7.01. The second kappa shape index (κ2) is 15.8. The van der Waals surface area contributed by atoms with Crippen LogP contribution in [0.15, 0.2) is 116 Å². The molecule has 0 spiro atoms. The lowest BCUT2D eigenvalue weighted by atomic mass is 10.1. The number of benzene rings is 5. The molecule has 7 rings (SSSR count). The smallest absolute Gasteiger partial charge is 0.305 e. The summed E-state index contributed by atoms with van der Waals surface area (Å²) in [6.45, 7) is 0.362. The number of hydrogen-bond donors (Lipinski definition) is 2. The van der Waals surface area contributed by atoms with E-state index in [2.05, 4.69) is 9.97 Å². The highest BCUT2D eigenvalue weighted by Gasteiger charge is 2.17. The first-order valence-corrected chi connectivity index (χ1v) is 15.8. The Balaban J connectivity index is 0.000000192. The quantitative estimate of drug-likeness (QED) is 0.0787. The molecule has 5 aromatic carbocycles. The molecule has 0 bridgehead atoms. The van der Waals surface area contributed by atoms with Crippen molar-refractivity contribution in [3.05, 3.63) is 143 Å². The van der Waals surface area contributed by atoms with E-state index in [1.165, 1.54) is 44.7 Å². The normalized spacial score (nSPS) is 10.6. The van der Waals surface area contributed by atoms with Gasteiger partial charge in [-0.15, -0.1) is 0 Å². The molecule has 2 heterocycles. The van der Waals surface area contributed by atoms with Gasteiger partial charge in [0.25, 0.3) is 0 Å². The second-order valence-electron chi connectivity index (χ2n) is 11.2. The molecule has 0 aliphatic rings. The number of fused-ring (bicyclic) bond motifs is 2. The van der Waals surface area contributed by atoms with Gasteiger partial charge in [0, 0.05) is 53.5 Å². The minimum Gasteiger partial charge on any atom is -0.504 e. The van der Waals surface area contributed by atoms with E-state index in [9.17, 15) is 24.0 Å². The zero-order valence-corrected chi connectivity index (χ0v) is 28.2. The lowest BCUT2D eigenvalue weighted by molar-refractivity contribution is -0.387. The second-order valence-corrected chi connectivity index (χ2v) is 11.2. The first-order valence-electron chi connectivity index (χ1n) is 15.8. The van der Waals surface area contributed by atoms with E-state index in [0.29, 0.717) is 62.9 Å². The molecular weight excluding hydrogens is 690 g/mol. The molecule has 0 fully saturated rings. The van der Waals surface area contributed by atoms with Gasteiger partial charge in [0.05, 0.1) is 35.9 Å². The van der Waals surface area contributed by atoms with Gasteiger partial charge in [-0.1, -0.05) is 30.3 Å². The predicted octanol–water partition coefficient (Wildman–Crippen LogP) is 9.12. The van der Waals surface area contributed by atoms with Crippen LogP contribution in [0.4, 0.5) is 20.2 Å². The zero-order valence-electron chi connectivity index (χ0n) is 28.2. The SMILES string of the molecule is COc1cc2c(Oc3ccc(N)c(F)c3)ccnc2cc1O.COc1cc2c(Oc3ccc([N+](=O)[O-])c(F)c3)ccnc2cc1OCc1ccccc1. The molecule has 2 aromatic heterocycles. The van der Waals surface area contributed by atoms with Crippen LogP contribution in [0, 0.1) is 21.7 Å². The zero-order chi connectivity index (χ0) is 37.5. The van der Waals surface area contributed by atoms with Gasteiger partial charge < -0.3 is 34.5 Å². The number of aromatic nitrogens is 2. The standard InChI is InChI=1S/C23H17FN2O5.C16H13FN2O3/c1-29-22-12-17-19(13-23(22)30-14-15-5-3-2-4-6-15)25-10-9-21(17)31-16-7-8-20(26(27)28)18(24)11-16;1-21-16-7-10-13(8-14(16)20)19-5-4-15(10)22-9-2-3-12(18)11(17)6-9/h2-13H,14H2,1H3;2-8,20H,18H2,1H3. The Hall–Kier alpha value is -7.22. The number of nitrogens with zero attached hydrogens (tertiary/aromatic N) is 3. The van der Waals surface area contributed by atoms with Crippen LogP contribution in [0.3, 0.4) is 0 Å². The van der Waals surface area contributed by atoms with E-state index in [1.54, 1.807) is 42.6 Å². The summed E-state index contributed by atoms with van der Waals surface area (Å²) in [6, 6.07) is 27.1. The van der Waals surface area contributed by atoms with E-state index in [-0.39, 0.29) is 17.2 Å². The average molecular weight is 721 g/mol. The van der Waals surface area contributed by atoms with Crippen molar-refractivity contribution >= 4 is 33.2 Å². The van der Waals surface area contributed by atoms with Crippen LogP contribution >= 0.6 is 0 Å². The molecule has 0 aliphatic carbocycles. The Morgan fingerprint density at radius 2 is 1.28 bits per heavy atom. The number of halogens is 2. The Bertz CT molecular complexity index is 2430. The van der Waals surface area contributed by atoms with Crippen LogP contribution in [0.25, 0.3) is 21.8 Å². The molecule has 0 aliphatic heterocycles. The van der Waals surface area contributed by atoms with Crippen molar-refractivity contribution in [1.29, 1.82) is 0 Å². The van der Waals surface area contributed by atoms with Crippen LogP contribution in [0.1, 0.15) is 5.56 Å². The van der Waals surface area contributed by atoms with Crippen LogP contribution in [-0.2, 0) is 6.61 Å². The summed E-state index contributed by atoms with van der Waals surface area (Å²) >= 11 is 0. The van der Waals surface area contributed by atoms with Crippen LogP contribution in [0.2, 0.25) is 0 Å². The number of phenols is 1. The number of rotatable bonds is 10. The number of ether oxygens (including phenoxy) is 5. The number of nitro groups is 1. The Morgan fingerprint density at radius 1 is 0.698 bits per heavy atom. The van der Waals surface area contributed by atoms with Gasteiger partial charge in [-0.05, 0) is 48.0 Å². The summed E-state index contributed by atoms with van der Waals surface area (Å²) in [7, 11) is 2.98. The van der Waals surface area contributed by atoms with Gasteiger partial charge >= 0.3 is 5.69 Å². The first kappa shape index (κ1) is 35.6. The van der Waals surface area contributed by atoms with Crippen molar-refractivity contribution in [2.75, 3.05) is 20.0 Å². The summed E-state index contributed by atoms with van der Waals surface area (Å²) in [5, 5.41) is 21.8. The minimum atomic E-state index is -0.977. The molecule has 0 saturated carbocycles. The third kappa shape index (κ3) is 8.23. The molecule has 12 nitrogen and oxygen atoms in total. The molecule has 14 heteroatoms. The molecule has 0 amide bonds. The van der Waals surface area contributed by atoms with E-state index in [0.717, 1.165) is 17.7 Å². The van der Waals surface area contributed by atoms with Crippen LogP contribution in [-0.4, -0.2) is 34.2 Å². The number of anilines is 1. The van der Waals surface area contributed by atoms with Crippen molar-refractivity contribution in [3.8, 4) is 46.0 Å². The molecule has 0 atom stereocenters. The maximum atomic E-state index is 13.9. The van der Waals surface area contributed by atoms with E-state index in [1.807, 2.05) is 30.3 Å². The molecule has 0 unspecified atom stereocenters. The molecule has 0 saturated heterocycles. The summed E-state index contributed by atoms with van der Waals surface area (Å²) < 4.78 is 55.4. The highest BCUT2D eigenvalue weighted by molar-refractivity contribution is 5.89. The number of methoxy groups -OCH3 is 2. The van der Waals surface area contributed by atoms with Crippen molar-refractivity contribution in [3.63, 3.8) is 0 Å². The van der Waals surface area contributed by atoms with Gasteiger partial charge in [-0.2, -0.15) is 4.39 Å². The largest absolute Gasteiger partial charge is 0.504 e. The van der Waals surface area contributed by atoms with Gasteiger partial charge in [-0.3, -0.25) is 20.1 Å². The molecule has 7 aromatic rings. The van der Waals surface area contributed by atoms with Gasteiger partial charge in [-0.25, -0.2) is 4.39 Å². The number of phenolic OH excluding ortho intramolecular Hbond substituents is 1. The van der Waals surface area contributed by atoms with E-state index in [4.69, 9.17) is 29.4 Å². The van der Waals surface area contributed by atoms with E-state index < -0.39 is 22.2 Å². The monoisotopic (exact) mass is 720 g/mol. The lowest BCUT2D eigenvalue weighted by Gasteiger charge is -2.14. The number of aromatic hydroxyl groups is 1. The summed E-state index contributed by atoms with van der Waals surface area (Å²) in [4.78, 5) is 18.5. The van der Waals surface area contributed by atoms with Gasteiger partial charge in [0.2, 0.25) is 5.82 Å². The van der Waals surface area contributed by atoms with Crippen molar-refractivity contribution in [2.45, 2.75) is 6.61 Å². The van der Waals surface area contributed by atoms with Crippen LogP contribution < -0.4 is 29.4 Å². The maximum absolute atomic E-state index is 13.9. The van der Waals surface area contributed by atoms with Gasteiger partial charge in [0.15, 0.2) is 23.0 Å². The van der Waals surface area contributed by atoms with Gasteiger partial charge in [0.1, 0.15) is 35.4 Å². The topological polar surface area (TPSA) is 161 Å². The number of pyridine rings is 2. The highest BCUT2D eigenvalue weighted by atomic mass is 19.1. The summed E-state index contributed by atoms with van der Waals surface area (Å²) in [5.74, 6) is 1.05. The van der Waals surface area contributed by atoms with Crippen molar-refractivity contribution in [1.82, 2.24) is 9.97 Å². The number of nitrogen functional groups attached to an aromatic ring is 1. The third-order valence-corrected chi connectivity index (χ3v) is 7.77. The van der Waals surface area contributed by atoms with E-state index >= 15 is 0 Å². The Labute approximate surface area is 300 Å². The fourth-order valence-electron chi connectivity index (χ4n) is 5.14. The lowest BCUT2D eigenvalue weighted by Crippen LogP contribution is -1.98. The number of hydrogen-bond acceptors (Lipinski definition) is 11. The fraction of sp³-hybridized carbons (Fsp3) is 0.0769. The minimum absolute atomic E-state index is 0.0156. The average Bonchev–Trinajstić information content (AvgIpc) is 3.15. The molecule has 3 N–H and O–H groups in total. The number of nitrogens with two attached hydrogens (primary N) is 1. The predicted molar refractivity (Wildman–Crippen MR) is 193 cm³/mol. The Kier molecular flexibility index (Phi) is 10.6. The highest BCUT2D eigenvalue weighted by Crippen LogP contribution is 2.39. The third-order valence-electron chi connectivity index (χ3n) is 7.77. The molecule has 0 radical (unpaired) electrons. The molecule has 268 valence electrons.